The summed E-state index contributed by atoms with van der Waals surface area (Å²) in [6, 6.07) is 5.55. The summed E-state index contributed by atoms with van der Waals surface area (Å²) in [4.78, 5) is 20.8. The molecule has 0 radical (unpaired) electrons. The number of hydrogen-bond acceptors (Lipinski definition) is 7. The average molecular weight is 444 g/mol. The molecular weight excluding hydrogens is 421 g/mol. The number of rotatable bonds is 7. The van der Waals surface area contributed by atoms with E-state index in [1.54, 1.807) is 24.7 Å². The van der Waals surface area contributed by atoms with Gasteiger partial charge in [-0.1, -0.05) is 22.6 Å². The molecule has 4 aromatic rings. The average Bonchev–Trinajstić information content (AvgIpc) is 3.46. The monoisotopic (exact) mass is 443 g/mol. The highest BCUT2D eigenvalue weighted by molar-refractivity contribution is 7.22. The molecule has 162 valence electrons. The van der Waals surface area contributed by atoms with Crippen LogP contribution in [0.1, 0.15) is 25.6 Å². The van der Waals surface area contributed by atoms with Gasteiger partial charge in [0, 0.05) is 31.8 Å². The van der Waals surface area contributed by atoms with Crippen molar-refractivity contribution in [1.29, 1.82) is 0 Å². The normalized spacial score (nSPS) is 11.7. The number of carbonyl (C=O) groups is 1. The van der Waals surface area contributed by atoms with Crippen molar-refractivity contribution in [1.82, 2.24) is 30.2 Å². The van der Waals surface area contributed by atoms with Gasteiger partial charge in [0.25, 0.3) is 0 Å². The molecule has 0 unspecified atom stereocenters. The predicted molar refractivity (Wildman–Crippen MR) is 116 cm³/mol. The second-order valence-electron chi connectivity index (χ2n) is 7.77. The molecule has 2 amide bonds. The first-order chi connectivity index (χ1) is 14.8. The fourth-order valence-electron chi connectivity index (χ4n) is 2.84. The Balaban J connectivity index is 1.33. The molecule has 3 aromatic heterocycles. The number of benzene rings is 1. The maximum absolute atomic E-state index is 13.0. The third-order valence-corrected chi connectivity index (χ3v) is 5.60. The lowest BCUT2D eigenvalue weighted by molar-refractivity contribution is 0.252. The summed E-state index contributed by atoms with van der Waals surface area (Å²) in [5.74, 6) is 0.661. The van der Waals surface area contributed by atoms with E-state index in [0.29, 0.717) is 23.9 Å². The van der Waals surface area contributed by atoms with Gasteiger partial charge in [-0.2, -0.15) is 10.1 Å². The summed E-state index contributed by atoms with van der Waals surface area (Å²) in [6.07, 6.45) is 4.12. The summed E-state index contributed by atoms with van der Waals surface area (Å²) in [5, 5.41) is 14.0. The van der Waals surface area contributed by atoms with Gasteiger partial charge in [0.2, 0.25) is 5.89 Å². The molecule has 31 heavy (non-hydrogen) atoms. The van der Waals surface area contributed by atoms with Crippen LogP contribution < -0.4 is 10.6 Å². The van der Waals surface area contributed by atoms with Gasteiger partial charge in [-0.15, -0.1) is 0 Å². The number of amides is 2. The van der Waals surface area contributed by atoms with Crippen molar-refractivity contribution in [3.05, 3.63) is 42.3 Å². The SMILES string of the molecule is Cn1cc(-c2ccc3nc(NC(=O)NCCc4noc(C(C)(C)CF)n4)sc3c2)cn1. The van der Waals surface area contributed by atoms with E-state index >= 15 is 0 Å². The van der Waals surface area contributed by atoms with E-state index in [1.165, 1.54) is 11.3 Å². The molecule has 9 nitrogen and oxygen atoms in total. The number of anilines is 1. The molecule has 0 aliphatic carbocycles. The third-order valence-electron chi connectivity index (χ3n) is 4.66. The second-order valence-corrected chi connectivity index (χ2v) is 8.80. The summed E-state index contributed by atoms with van der Waals surface area (Å²) < 4.78 is 20.8. The zero-order valence-electron chi connectivity index (χ0n) is 17.3. The van der Waals surface area contributed by atoms with Gasteiger partial charge >= 0.3 is 6.03 Å². The lowest BCUT2D eigenvalue weighted by atomic mass is 9.96. The minimum absolute atomic E-state index is 0.245. The van der Waals surface area contributed by atoms with Gasteiger partial charge < -0.3 is 9.84 Å². The van der Waals surface area contributed by atoms with Crippen LogP contribution in [0, 0.1) is 0 Å². The first-order valence-electron chi connectivity index (χ1n) is 9.67. The molecule has 0 fully saturated rings. The summed E-state index contributed by atoms with van der Waals surface area (Å²) in [5.41, 5.74) is 2.04. The number of hydrogen-bond donors (Lipinski definition) is 2. The fourth-order valence-corrected chi connectivity index (χ4v) is 3.74. The zero-order chi connectivity index (χ0) is 22.0. The summed E-state index contributed by atoms with van der Waals surface area (Å²) >= 11 is 1.39. The summed E-state index contributed by atoms with van der Waals surface area (Å²) in [6.45, 7) is 3.08. The van der Waals surface area contributed by atoms with Crippen LogP contribution in [0.2, 0.25) is 0 Å². The van der Waals surface area contributed by atoms with Crippen molar-refractivity contribution in [2.24, 2.45) is 7.05 Å². The van der Waals surface area contributed by atoms with Gasteiger partial charge in [-0.3, -0.25) is 10.00 Å². The molecule has 11 heteroatoms. The molecule has 2 N–H and O–H groups in total. The Bertz CT molecular complexity index is 1210. The maximum Gasteiger partial charge on any atom is 0.321 e. The molecular formula is C20H22FN7O2S. The zero-order valence-corrected chi connectivity index (χ0v) is 18.2. The van der Waals surface area contributed by atoms with E-state index in [2.05, 4.69) is 30.9 Å². The van der Waals surface area contributed by atoms with Crippen molar-refractivity contribution in [2.45, 2.75) is 25.7 Å². The third kappa shape index (κ3) is 4.71. The fraction of sp³-hybridized carbons (Fsp3) is 0.350. The van der Waals surface area contributed by atoms with Crippen LogP contribution in [-0.2, 0) is 18.9 Å². The van der Waals surface area contributed by atoms with Crippen LogP contribution >= 0.6 is 11.3 Å². The standard InChI is InChI=1S/C20H22FN7O2S/c1-20(2,11-21)17-25-16(27-30-17)6-7-22-18(29)26-19-24-14-5-4-12(8-15(14)31-19)13-9-23-28(3)10-13/h4-5,8-10H,6-7,11H2,1-3H3,(H2,22,24,26,29). The number of aromatic nitrogens is 5. The van der Waals surface area contributed by atoms with Gasteiger partial charge in [-0.05, 0) is 31.5 Å². The molecule has 0 saturated carbocycles. The minimum atomic E-state index is -0.820. The highest BCUT2D eigenvalue weighted by atomic mass is 32.1. The maximum atomic E-state index is 13.0. The molecule has 0 spiro atoms. The van der Waals surface area contributed by atoms with E-state index < -0.39 is 12.1 Å². The van der Waals surface area contributed by atoms with Crippen LogP contribution in [0.5, 0.6) is 0 Å². The number of alkyl halides is 1. The number of nitrogens with zero attached hydrogens (tertiary/aromatic N) is 5. The van der Waals surface area contributed by atoms with Gasteiger partial charge in [-0.25, -0.2) is 14.2 Å². The van der Waals surface area contributed by atoms with E-state index in [9.17, 15) is 9.18 Å². The Labute approximate surface area is 181 Å². The van der Waals surface area contributed by atoms with E-state index in [4.69, 9.17) is 4.52 Å². The number of aryl methyl sites for hydroxylation is 1. The Morgan fingerprint density at radius 1 is 1.29 bits per heavy atom. The first-order valence-corrected chi connectivity index (χ1v) is 10.5. The van der Waals surface area contributed by atoms with Crippen LogP contribution in [0.25, 0.3) is 21.3 Å². The van der Waals surface area contributed by atoms with Gasteiger partial charge in [0.15, 0.2) is 11.0 Å². The lowest BCUT2D eigenvalue weighted by Crippen LogP contribution is -2.30. The number of nitrogens with one attached hydrogen (secondary N) is 2. The van der Waals surface area contributed by atoms with Crippen molar-refractivity contribution < 1.29 is 13.7 Å². The molecule has 0 atom stereocenters. The molecule has 0 bridgehead atoms. The van der Waals surface area contributed by atoms with Crippen LogP contribution in [0.4, 0.5) is 14.3 Å². The quantitative estimate of drug-likeness (QED) is 0.451. The van der Waals surface area contributed by atoms with Crippen LogP contribution in [0.15, 0.2) is 35.1 Å². The van der Waals surface area contributed by atoms with Crippen LogP contribution in [0.3, 0.4) is 0 Å². The Kier molecular flexibility index (Phi) is 5.68. The number of thiazole rings is 1. The number of fused-ring (bicyclic) bond motifs is 1. The smallest absolute Gasteiger partial charge is 0.321 e. The van der Waals surface area contributed by atoms with Crippen molar-refractivity contribution in [3.8, 4) is 11.1 Å². The number of carbonyl (C=O) groups excluding carboxylic acids is 1. The molecule has 0 saturated heterocycles. The summed E-state index contributed by atoms with van der Waals surface area (Å²) in [7, 11) is 1.87. The largest absolute Gasteiger partial charge is 0.339 e. The topological polar surface area (TPSA) is 111 Å². The van der Waals surface area contributed by atoms with E-state index in [-0.39, 0.29) is 11.9 Å². The van der Waals surface area contributed by atoms with Gasteiger partial charge in [0.1, 0.15) is 6.67 Å². The van der Waals surface area contributed by atoms with E-state index in [0.717, 1.165) is 21.3 Å². The highest BCUT2D eigenvalue weighted by Gasteiger charge is 2.27. The van der Waals surface area contributed by atoms with Crippen molar-refractivity contribution >= 4 is 32.7 Å². The minimum Gasteiger partial charge on any atom is -0.339 e. The van der Waals surface area contributed by atoms with Crippen molar-refractivity contribution in [3.63, 3.8) is 0 Å². The van der Waals surface area contributed by atoms with Crippen molar-refractivity contribution in [2.75, 3.05) is 18.5 Å². The molecule has 3 heterocycles. The molecule has 1 aromatic carbocycles. The Morgan fingerprint density at radius 3 is 2.87 bits per heavy atom. The lowest BCUT2D eigenvalue weighted by Gasteiger charge is -2.13. The van der Waals surface area contributed by atoms with Gasteiger partial charge in [0.05, 0.1) is 21.8 Å². The Hall–Kier alpha value is -3.34. The number of halogens is 1. The van der Waals surface area contributed by atoms with Crippen LogP contribution in [-0.4, -0.2) is 44.2 Å². The predicted octanol–water partition coefficient (Wildman–Crippen LogP) is 3.69. The van der Waals surface area contributed by atoms with E-state index in [1.807, 2.05) is 31.4 Å². The first kappa shape index (κ1) is 20.9. The molecule has 0 aliphatic rings. The molecule has 4 rings (SSSR count). The Morgan fingerprint density at radius 2 is 2.13 bits per heavy atom. The highest BCUT2D eigenvalue weighted by Crippen LogP contribution is 2.30. The second kappa shape index (κ2) is 8.42. The number of urea groups is 1. The molecule has 0 aliphatic heterocycles.